The van der Waals surface area contributed by atoms with Crippen LogP contribution in [0, 0.1) is 0 Å². The summed E-state index contributed by atoms with van der Waals surface area (Å²) >= 11 is 0. The molecule has 0 spiro atoms. The number of benzene rings is 1. The van der Waals surface area contributed by atoms with Crippen LogP contribution < -0.4 is 14.2 Å². The number of carbonyl (C=O) groups is 2. The molecule has 0 fully saturated rings. The molecule has 158 valence electrons. The van der Waals surface area contributed by atoms with E-state index in [1.807, 2.05) is 27.7 Å². The lowest BCUT2D eigenvalue weighted by Crippen LogP contribution is -2.34. The van der Waals surface area contributed by atoms with Gasteiger partial charge in [0, 0.05) is 18.7 Å². The van der Waals surface area contributed by atoms with Gasteiger partial charge in [-0.15, -0.1) is 0 Å². The maximum Gasteiger partial charge on any atom is 0.307 e. The molecule has 1 amide bonds. The Morgan fingerprint density at radius 2 is 1.39 bits per heavy atom. The zero-order chi connectivity index (χ0) is 20.9. The van der Waals surface area contributed by atoms with Crippen molar-refractivity contribution in [1.82, 2.24) is 4.90 Å². The number of hydrogen-bond donors (Lipinski definition) is 0. The highest BCUT2D eigenvalue weighted by Crippen LogP contribution is 2.39. The van der Waals surface area contributed by atoms with Crippen LogP contribution in [0.4, 0.5) is 0 Å². The van der Waals surface area contributed by atoms with Gasteiger partial charge < -0.3 is 23.8 Å². The van der Waals surface area contributed by atoms with E-state index in [1.165, 1.54) is 0 Å². The van der Waals surface area contributed by atoms with Crippen molar-refractivity contribution in [1.29, 1.82) is 0 Å². The van der Waals surface area contributed by atoms with Crippen molar-refractivity contribution in [3.05, 3.63) is 17.7 Å². The van der Waals surface area contributed by atoms with E-state index >= 15 is 0 Å². The van der Waals surface area contributed by atoms with Gasteiger partial charge in [0.25, 0.3) is 5.91 Å². The lowest BCUT2D eigenvalue weighted by atomic mass is 10.1. The van der Waals surface area contributed by atoms with Crippen molar-refractivity contribution in [3.8, 4) is 17.2 Å². The Labute approximate surface area is 167 Å². The second-order valence-corrected chi connectivity index (χ2v) is 5.95. The van der Waals surface area contributed by atoms with Crippen LogP contribution in [-0.2, 0) is 9.53 Å². The topological polar surface area (TPSA) is 74.3 Å². The summed E-state index contributed by atoms with van der Waals surface area (Å²) in [5.41, 5.74) is 0.438. The van der Waals surface area contributed by atoms with Crippen molar-refractivity contribution in [3.63, 3.8) is 0 Å². The third kappa shape index (κ3) is 6.94. The Morgan fingerprint density at radius 1 is 0.821 bits per heavy atom. The van der Waals surface area contributed by atoms with Crippen molar-refractivity contribution in [2.45, 2.75) is 47.5 Å². The molecular formula is C21H33NO6. The van der Waals surface area contributed by atoms with Gasteiger partial charge in [-0.2, -0.15) is 0 Å². The summed E-state index contributed by atoms with van der Waals surface area (Å²) in [6.45, 7) is 11.9. The van der Waals surface area contributed by atoms with Crippen LogP contribution in [0.5, 0.6) is 17.2 Å². The largest absolute Gasteiger partial charge is 0.490 e. The first-order valence-corrected chi connectivity index (χ1v) is 10.0. The third-order valence-corrected chi connectivity index (χ3v) is 3.83. The molecule has 7 heteroatoms. The Morgan fingerprint density at radius 3 is 1.86 bits per heavy atom. The van der Waals surface area contributed by atoms with E-state index in [-0.39, 0.29) is 18.3 Å². The highest BCUT2D eigenvalue weighted by molar-refractivity contribution is 5.96. The van der Waals surface area contributed by atoms with Crippen LogP contribution in [0.3, 0.4) is 0 Å². The van der Waals surface area contributed by atoms with E-state index in [0.717, 1.165) is 6.42 Å². The molecule has 0 saturated heterocycles. The highest BCUT2D eigenvalue weighted by atomic mass is 16.5. The predicted molar refractivity (Wildman–Crippen MR) is 107 cm³/mol. The van der Waals surface area contributed by atoms with Gasteiger partial charge in [-0.3, -0.25) is 9.59 Å². The zero-order valence-electron chi connectivity index (χ0n) is 17.7. The minimum absolute atomic E-state index is 0.160. The van der Waals surface area contributed by atoms with Crippen molar-refractivity contribution < 1.29 is 28.5 Å². The third-order valence-electron chi connectivity index (χ3n) is 3.83. The Bertz CT molecular complexity index is 604. The van der Waals surface area contributed by atoms with E-state index in [4.69, 9.17) is 18.9 Å². The summed E-state index contributed by atoms with van der Waals surface area (Å²) in [5, 5.41) is 0. The number of amides is 1. The fourth-order valence-electron chi connectivity index (χ4n) is 2.74. The molecule has 0 aliphatic rings. The predicted octanol–water partition coefficient (Wildman–Crippen LogP) is 3.69. The molecule has 0 heterocycles. The van der Waals surface area contributed by atoms with Gasteiger partial charge in [-0.25, -0.2) is 0 Å². The SMILES string of the molecule is CCCN(CCC(=O)OCC)C(=O)c1cc(OCC)c(OCC)c(OCC)c1. The fourth-order valence-corrected chi connectivity index (χ4v) is 2.74. The molecular weight excluding hydrogens is 362 g/mol. The molecule has 0 radical (unpaired) electrons. The second kappa shape index (κ2) is 12.9. The normalized spacial score (nSPS) is 10.3. The summed E-state index contributed by atoms with van der Waals surface area (Å²) in [7, 11) is 0. The zero-order valence-corrected chi connectivity index (χ0v) is 17.7. The fraction of sp³-hybridized carbons (Fsp3) is 0.619. The van der Waals surface area contributed by atoms with E-state index in [1.54, 1.807) is 24.0 Å². The Hall–Kier alpha value is -2.44. The van der Waals surface area contributed by atoms with E-state index in [0.29, 0.717) is 62.3 Å². The molecule has 0 aliphatic carbocycles. The van der Waals surface area contributed by atoms with Crippen molar-refractivity contribution in [2.24, 2.45) is 0 Å². The minimum Gasteiger partial charge on any atom is -0.490 e. The number of nitrogens with zero attached hydrogens (tertiary/aromatic N) is 1. The van der Waals surface area contributed by atoms with Crippen LogP contribution in [-0.4, -0.2) is 56.3 Å². The standard InChI is InChI=1S/C21H33NO6/c1-6-12-22(13-11-19(23)27-9-4)21(24)16-14-17(25-7-2)20(28-10-5)18(15-16)26-8-3/h14-15H,6-13H2,1-5H3. The minimum atomic E-state index is -0.312. The molecule has 0 atom stereocenters. The van der Waals surface area contributed by atoms with Gasteiger partial charge in [0.1, 0.15) is 0 Å². The summed E-state index contributed by atoms with van der Waals surface area (Å²) < 4.78 is 22.0. The number of carbonyl (C=O) groups excluding carboxylic acids is 2. The lowest BCUT2D eigenvalue weighted by Gasteiger charge is -2.23. The van der Waals surface area contributed by atoms with Crippen LogP contribution in [0.1, 0.15) is 57.8 Å². The van der Waals surface area contributed by atoms with Gasteiger partial charge in [0.2, 0.25) is 5.75 Å². The van der Waals surface area contributed by atoms with Crippen molar-refractivity contribution >= 4 is 11.9 Å². The van der Waals surface area contributed by atoms with Crippen LogP contribution in [0.15, 0.2) is 12.1 Å². The van der Waals surface area contributed by atoms with Gasteiger partial charge in [-0.1, -0.05) is 6.92 Å². The van der Waals surface area contributed by atoms with Gasteiger partial charge >= 0.3 is 5.97 Å². The maximum atomic E-state index is 13.1. The molecule has 0 aromatic heterocycles. The molecule has 28 heavy (non-hydrogen) atoms. The lowest BCUT2D eigenvalue weighted by molar-refractivity contribution is -0.143. The van der Waals surface area contributed by atoms with Crippen LogP contribution >= 0.6 is 0 Å². The highest BCUT2D eigenvalue weighted by Gasteiger charge is 2.22. The molecule has 1 rings (SSSR count). The van der Waals surface area contributed by atoms with E-state index in [9.17, 15) is 9.59 Å². The molecule has 7 nitrogen and oxygen atoms in total. The van der Waals surface area contributed by atoms with Crippen LogP contribution in [0.25, 0.3) is 0 Å². The number of rotatable bonds is 13. The van der Waals surface area contributed by atoms with Gasteiger partial charge in [0.15, 0.2) is 11.5 Å². The molecule has 0 bridgehead atoms. The molecule has 0 saturated carbocycles. The average Bonchev–Trinajstić information content (AvgIpc) is 2.67. The quantitative estimate of drug-likeness (QED) is 0.474. The summed E-state index contributed by atoms with van der Waals surface area (Å²) in [6, 6.07) is 3.35. The molecule has 0 aliphatic heterocycles. The summed E-state index contributed by atoms with van der Waals surface area (Å²) in [5.74, 6) is 0.946. The van der Waals surface area contributed by atoms with Gasteiger partial charge in [-0.05, 0) is 46.2 Å². The number of ether oxygens (including phenoxy) is 4. The molecule has 1 aromatic rings. The van der Waals surface area contributed by atoms with Gasteiger partial charge in [0.05, 0.1) is 32.8 Å². The number of esters is 1. The Kier molecular flexibility index (Phi) is 10.8. The molecule has 0 N–H and O–H groups in total. The smallest absolute Gasteiger partial charge is 0.307 e. The first kappa shape index (κ1) is 23.6. The average molecular weight is 395 g/mol. The van der Waals surface area contributed by atoms with E-state index in [2.05, 4.69) is 0 Å². The van der Waals surface area contributed by atoms with Crippen molar-refractivity contribution in [2.75, 3.05) is 39.5 Å². The Balaban J connectivity index is 3.17. The number of hydrogen-bond acceptors (Lipinski definition) is 6. The monoisotopic (exact) mass is 395 g/mol. The van der Waals surface area contributed by atoms with Crippen LogP contribution in [0.2, 0.25) is 0 Å². The summed E-state index contributed by atoms with van der Waals surface area (Å²) in [4.78, 5) is 26.4. The van der Waals surface area contributed by atoms with E-state index < -0.39 is 0 Å². The first-order valence-electron chi connectivity index (χ1n) is 10.0. The first-order chi connectivity index (χ1) is 13.5. The molecule has 1 aromatic carbocycles. The summed E-state index contributed by atoms with van der Waals surface area (Å²) in [6.07, 6.45) is 0.940. The second-order valence-electron chi connectivity index (χ2n) is 5.95. The molecule has 0 unspecified atom stereocenters. The maximum absolute atomic E-state index is 13.1.